The maximum atomic E-state index is 6.21. The maximum absolute atomic E-state index is 6.21. The molecule has 0 saturated carbocycles. The van der Waals surface area contributed by atoms with E-state index in [1.807, 2.05) is 12.1 Å². The van der Waals surface area contributed by atoms with Crippen LogP contribution in [-0.2, 0) is 0 Å². The Kier molecular flexibility index (Phi) is 6.27. The highest BCUT2D eigenvalue weighted by atomic mass is 35.5. The van der Waals surface area contributed by atoms with Crippen molar-refractivity contribution in [2.24, 2.45) is 0 Å². The molecule has 0 spiro atoms. The Morgan fingerprint density at radius 2 is 1.58 bits per heavy atom. The zero-order valence-electron chi connectivity index (χ0n) is 13.8. The van der Waals surface area contributed by atoms with E-state index in [4.69, 9.17) is 32.7 Å². The van der Waals surface area contributed by atoms with E-state index < -0.39 is 0 Å². The first-order valence-corrected chi connectivity index (χ1v) is 8.34. The number of rotatable bonds is 4. The lowest BCUT2D eigenvalue weighted by atomic mass is 9.93. The molecule has 1 aliphatic rings. The Hall–Kier alpha value is -1.13. The summed E-state index contributed by atoms with van der Waals surface area (Å²) in [5.74, 6) is 1.81. The van der Waals surface area contributed by atoms with Gasteiger partial charge in [0.15, 0.2) is 11.5 Å². The van der Waals surface area contributed by atoms with Crippen molar-refractivity contribution in [2.75, 3.05) is 21.3 Å². The lowest BCUT2D eigenvalue weighted by molar-refractivity contribution is -0.669. The van der Waals surface area contributed by atoms with Gasteiger partial charge >= 0.3 is 0 Å². The van der Waals surface area contributed by atoms with Crippen molar-refractivity contribution < 1.29 is 27.2 Å². The number of methoxy groups -OCH3 is 2. The molecule has 0 unspecified atom stereocenters. The van der Waals surface area contributed by atoms with Gasteiger partial charge in [0, 0.05) is 17.9 Å². The number of hydrogen-bond donors (Lipinski definition) is 1. The van der Waals surface area contributed by atoms with Crippen LogP contribution < -0.4 is 27.2 Å². The molecule has 0 aromatic heterocycles. The topological polar surface area (TPSA) is 35.1 Å². The molecule has 0 heterocycles. The second-order valence-electron chi connectivity index (χ2n) is 5.74. The average Bonchev–Trinajstić information content (AvgIpc) is 2.93. The van der Waals surface area contributed by atoms with E-state index in [9.17, 15) is 0 Å². The van der Waals surface area contributed by atoms with Gasteiger partial charge < -0.3 is 27.2 Å². The summed E-state index contributed by atoms with van der Waals surface area (Å²) in [7, 11) is 5.43. The highest BCUT2D eigenvalue weighted by Crippen LogP contribution is 2.47. The highest BCUT2D eigenvalue weighted by Gasteiger charge is 2.35. The monoisotopic (exact) mass is 387 g/mol. The van der Waals surface area contributed by atoms with Gasteiger partial charge in [-0.3, -0.25) is 0 Å². The van der Waals surface area contributed by atoms with Crippen LogP contribution in [0.4, 0.5) is 0 Å². The summed E-state index contributed by atoms with van der Waals surface area (Å²) in [5, 5.41) is 3.41. The number of ether oxygens (including phenoxy) is 2. The fraction of sp³-hybridized carbons (Fsp3) is 0.333. The number of fused-ring (bicyclic) bond motifs is 1. The quantitative estimate of drug-likeness (QED) is 0.840. The van der Waals surface area contributed by atoms with E-state index in [2.05, 4.69) is 30.6 Å². The molecule has 2 atom stereocenters. The van der Waals surface area contributed by atoms with Gasteiger partial charge in [0.05, 0.1) is 31.3 Å². The average molecular weight is 389 g/mol. The van der Waals surface area contributed by atoms with Crippen LogP contribution in [0.1, 0.15) is 35.1 Å². The van der Waals surface area contributed by atoms with Crippen LogP contribution >= 0.6 is 23.2 Å². The van der Waals surface area contributed by atoms with Crippen LogP contribution in [0.25, 0.3) is 0 Å². The fourth-order valence-corrected chi connectivity index (χ4v) is 3.71. The lowest BCUT2D eigenvalue weighted by Crippen LogP contribution is -3.00. The van der Waals surface area contributed by atoms with Gasteiger partial charge in [0.2, 0.25) is 0 Å². The summed E-state index contributed by atoms with van der Waals surface area (Å²) in [6.07, 6.45) is 1.01. The molecule has 0 aliphatic heterocycles. The summed E-state index contributed by atoms with van der Waals surface area (Å²) in [6, 6.07) is 10.5. The summed E-state index contributed by atoms with van der Waals surface area (Å²) in [4.78, 5) is 0. The molecule has 2 aromatic carbocycles. The van der Waals surface area contributed by atoms with Crippen molar-refractivity contribution in [3.8, 4) is 11.5 Å². The number of quaternary nitrogens is 1. The van der Waals surface area contributed by atoms with E-state index in [0.29, 0.717) is 16.1 Å². The normalized spacial score (nSPS) is 18.7. The van der Waals surface area contributed by atoms with Gasteiger partial charge in [-0.15, -0.1) is 0 Å². The molecule has 0 amide bonds. The predicted molar refractivity (Wildman–Crippen MR) is 93.1 cm³/mol. The summed E-state index contributed by atoms with van der Waals surface area (Å²) < 4.78 is 10.9. The smallest absolute Gasteiger partial charge is 0.161 e. The van der Waals surface area contributed by atoms with Gasteiger partial charge in [0.25, 0.3) is 0 Å². The van der Waals surface area contributed by atoms with Gasteiger partial charge in [-0.25, -0.2) is 0 Å². The Labute approximate surface area is 158 Å². The van der Waals surface area contributed by atoms with E-state index in [1.165, 1.54) is 16.7 Å². The Morgan fingerprint density at radius 3 is 2.12 bits per heavy atom. The largest absolute Gasteiger partial charge is 1.00 e. The third-order valence-electron chi connectivity index (χ3n) is 4.60. The first-order valence-electron chi connectivity index (χ1n) is 7.59. The number of nitrogens with two attached hydrogens (primary N) is 1. The third-order valence-corrected chi connectivity index (χ3v) is 5.34. The van der Waals surface area contributed by atoms with Crippen LogP contribution in [-0.4, -0.2) is 21.3 Å². The maximum Gasteiger partial charge on any atom is 0.161 e. The molecular formula is C18H20Cl3NO2. The third kappa shape index (κ3) is 3.31. The molecule has 24 heavy (non-hydrogen) atoms. The fourth-order valence-electron chi connectivity index (χ4n) is 3.40. The first-order chi connectivity index (χ1) is 11.1. The molecule has 2 N–H and O–H groups in total. The molecule has 3 rings (SSSR count). The van der Waals surface area contributed by atoms with Crippen molar-refractivity contribution >= 4 is 23.2 Å². The molecule has 2 aromatic rings. The van der Waals surface area contributed by atoms with Gasteiger partial charge in [0.1, 0.15) is 6.04 Å². The van der Waals surface area contributed by atoms with E-state index >= 15 is 0 Å². The van der Waals surface area contributed by atoms with Crippen LogP contribution in [0.15, 0.2) is 30.3 Å². The first kappa shape index (κ1) is 19.2. The van der Waals surface area contributed by atoms with Crippen molar-refractivity contribution in [3.05, 3.63) is 57.1 Å². The van der Waals surface area contributed by atoms with Gasteiger partial charge in [-0.2, -0.15) is 0 Å². The minimum Gasteiger partial charge on any atom is -1.00 e. The van der Waals surface area contributed by atoms with Crippen LogP contribution in [0.2, 0.25) is 10.0 Å². The SMILES string of the molecule is C[NH2+][C@@H]1C[C@@H](c2ccc(Cl)c(Cl)c2)c2cc(OC)c(OC)cc21.[Cl-]. The number of hydrogen-bond acceptors (Lipinski definition) is 2. The molecule has 3 nitrogen and oxygen atoms in total. The molecule has 0 bridgehead atoms. The number of benzene rings is 2. The molecular weight excluding hydrogens is 369 g/mol. The molecule has 6 heteroatoms. The number of halogens is 3. The highest BCUT2D eigenvalue weighted by molar-refractivity contribution is 6.42. The molecule has 1 aliphatic carbocycles. The van der Waals surface area contributed by atoms with Crippen molar-refractivity contribution in [1.82, 2.24) is 0 Å². The van der Waals surface area contributed by atoms with Crippen LogP contribution in [0.5, 0.6) is 11.5 Å². The van der Waals surface area contributed by atoms with E-state index in [0.717, 1.165) is 17.9 Å². The Bertz CT molecular complexity index is 736. The predicted octanol–water partition coefficient (Wildman–Crippen LogP) is 0.784. The van der Waals surface area contributed by atoms with Gasteiger partial charge in [-0.05, 0) is 35.4 Å². The van der Waals surface area contributed by atoms with E-state index in [-0.39, 0.29) is 18.3 Å². The second kappa shape index (κ2) is 7.83. The molecule has 0 fully saturated rings. The summed E-state index contributed by atoms with van der Waals surface area (Å²) in [5.41, 5.74) is 3.74. The molecule has 0 radical (unpaired) electrons. The summed E-state index contributed by atoms with van der Waals surface area (Å²) in [6.45, 7) is 0. The lowest BCUT2D eigenvalue weighted by Gasteiger charge is -2.15. The van der Waals surface area contributed by atoms with Gasteiger partial charge in [-0.1, -0.05) is 29.3 Å². The minimum atomic E-state index is 0. The second-order valence-corrected chi connectivity index (χ2v) is 6.55. The molecule has 0 saturated heterocycles. The Morgan fingerprint density at radius 1 is 0.958 bits per heavy atom. The van der Waals surface area contributed by atoms with E-state index in [1.54, 1.807) is 14.2 Å². The standard InChI is InChI=1S/C18H19Cl2NO2.ClH/c1-21-16-7-11(10-4-5-14(19)15(20)6-10)12-8-17(22-2)18(23-3)9-13(12)16;/h4-6,8-9,11,16,21H,7H2,1-3H3;1H/t11-,16+;/m0./s1. The molecule has 130 valence electrons. The van der Waals surface area contributed by atoms with Crippen molar-refractivity contribution in [2.45, 2.75) is 18.4 Å². The summed E-state index contributed by atoms with van der Waals surface area (Å²) >= 11 is 12.3. The Balaban J connectivity index is 0.00000208. The van der Waals surface area contributed by atoms with Crippen molar-refractivity contribution in [1.29, 1.82) is 0 Å². The zero-order valence-corrected chi connectivity index (χ0v) is 16.0. The van der Waals surface area contributed by atoms with Crippen LogP contribution in [0, 0.1) is 0 Å². The zero-order chi connectivity index (χ0) is 16.6. The van der Waals surface area contributed by atoms with Crippen LogP contribution in [0.3, 0.4) is 0 Å². The van der Waals surface area contributed by atoms with Crippen molar-refractivity contribution in [3.63, 3.8) is 0 Å². The minimum absolute atomic E-state index is 0.